The average Bonchev–Trinajstić information content (AvgIpc) is 2.41. The van der Waals surface area contributed by atoms with Crippen LogP contribution in [0.4, 0.5) is 0 Å². The van der Waals surface area contributed by atoms with Gasteiger partial charge in [0.1, 0.15) is 12.2 Å². The molecule has 2 heterocycles. The number of rotatable bonds is 3. The standard InChI is InChI=1S/C12H16N2O6/c1-7(15)20-8-4-6-19-11(10(8)16)14-5-3-9(18-2)13-12(14)17/h3,5,8,10-11,16H,4,6H2,1-2H3/t8-,10-,11+/m1/s1. The highest BCUT2D eigenvalue weighted by molar-refractivity contribution is 5.66. The van der Waals surface area contributed by atoms with E-state index in [-0.39, 0.29) is 12.5 Å². The van der Waals surface area contributed by atoms with Crippen LogP contribution in [0, 0.1) is 0 Å². The van der Waals surface area contributed by atoms with Crippen LogP contribution in [0.1, 0.15) is 19.6 Å². The molecule has 20 heavy (non-hydrogen) atoms. The van der Waals surface area contributed by atoms with E-state index in [0.29, 0.717) is 6.42 Å². The van der Waals surface area contributed by atoms with E-state index >= 15 is 0 Å². The molecule has 110 valence electrons. The van der Waals surface area contributed by atoms with Gasteiger partial charge in [0, 0.05) is 25.6 Å². The number of aromatic nitrogens is 2. The Bertz CT molecular complexity index is 543. The lowest BCUT2D eigenvalue weighted by Gasteiger charge is -2.34. The topological polar surface area (TPSA) is 99.9 Å². The zero-order valence-corrected chi connectivity index (χ0v) is 11.2. The number of nitrogens with zero attached hydrogens (tertiary/aromatic N) is 2. The van der Waals surface area contributed by atoms with E-state index in [1.54, 1.807) is 0 Å². The van der Waals surface area contributed by atoms with Crippen molar-refractivity contribution in [2.75, 3.05) is 13.7 Å². The van der Waals surface area contributed by atoms with E-state index < -0.39 is 30.1 Å². The molecular formula is C12H16N2O6. The Labute approximate surface area is 114 Å². The quantitative estimate of drug-likeness (QED) is 0.744. The minimum absolute atomic E-state index is 0.174. The molecule has 8 heteroatoms. The maximum absolute atomic E-state index is 11.8. The van der Waals surface area contributed by atoms with Crippen LogP contribution in [0.5, 0.6) is 5.88 Å². The fourth-order valence-corrected chi connectivity index (χ4v) is 2.05. The van der Waals surface area contributed by atoms with Crippen LogP contribution in [0.2, 0.25) is 0 Å². The summed E-state index contributed by atoms with van der Waals surface area (Å²) in [6.07, 6.45) is -1.01. The van der Waals surface area contributed by atoms with E-state index in [1.807, 2.05) is 0 Å². The summed E-state index contributed by atoms with van der Waals surface area (Å²) >= 11 is 0. The van der Waals surface area contributed by atoms with Gasteiger partial charge < -0.3 is 19.3 Å². The molecule has 0 saturated carbocycles. The average molecular weight is 284 g/mol. The van der Waals surface area contributed by atoms with Crippen LogP contribution in [-0.4, -0.2) is 46.6 Å². The number of hydrogen-bond acceptors (Lipinski definition) is 7. The van der Waals surface area contributed by atoms with E-state index in [4.69, 9.17) is 14.2 Å². The minimum atomic E-state index is -1.14. The highest BCUT2D eigenvalue weighted by Crippen LogP contribution is 2.24. The molecule has 1 saturated heterocycles. The Morgan fingerprint density at radius 1 is 1.60 bits per heavy atom. The molecule has 2 rings (SSSR count). The van der Waals surface area contributed by atoms with Crippen molar-refractivity contribution in [3.05, 3.63) is 22.7 Å². The van der Waals surface area contributed by atoms with Crippen molar-refractivity contribution in [3.8, 4) is 5.88 Å². The molecule has 0 aromatic carbocycles. The van der Waals surface area contributed by atoms with Gasteiger partial charge in [-0.1, -0.05) is 0 Å². The van der Waals surface area contributed by atoms with Gasteiger partial charge in [-0.05, 0) is 0 Å². The number of aliphatic hydroxyl groups excluding tert-OH is 1. The Hall–Kier alpha value is -1.93. The molecule has 1 aliphatic heterocycles. The normalized spacial score (nSPS) is 26.1. The van der Waals surface area contributed by atoms with Crippen molar-refractivity contribution in [2.45, 2.75) is 31.8 Å². The summed E-state index contributed by atoms with van der Waals surface area (Å²) in [7, 11) is 1.40. The van der Waals surface area contributed by atoms with Crippen LogP contribution >= 0.6 is 0 Å². The van der Waals surface area contributed by atoms with Crippen LogP contribution in [0.25, 0.3) is 0 Å². The van der Waals surface area contributed by atoms with Gasteiger partial charge in [-0.3, -0.25) is 9.36 Å². The monoisotopic (exact) mass is 284 g/mol. The molecule has 8 nitrogen and oxygen atoms in total. The van der Waals surface area contributed by atoms with Gasteiger partial charge in [0.15, 0.2) is 6.23 Å². The van der Waals surface area contributed by atoms with Crippen molar-refractivity contribution in [1.82, 2.24) is 9.55 Å². The van der Waals surface area contributed by atoms with E-state index in [9.17, 15) is 14.7 Å². The molecule has 0 radical (unpaired) electrons. The van der Waals surface area contributed by atoms with E-state index in [0.717, 1.165) is 4.57 Å². The zero-order valence-electron chi connectivity index (χ0n) is 11.2. The summed E-state index contributed by atoms with van der Waals surface area (Å²) in [5.41, 5.74) is -0.614. The van der Waals surface area contributed by atoms with E-state index in [1.165, 1.54) is 26.3 Å². The van der Waals surface area contributed by atoms with E-state index in [2.05, 4.69) is 4.98 Å². The smallest absolute Gasteiger partial charge is 0.353 e. The zero-order chi connectivity index (χ0) is 14.7. The first-order valence-corrected chi connectivity index (χ1v) is 6.13. The summed E-state index contributed by atoms with van der Waals surface area (Å²) < 4.78 is 16.4. The molecule has 0 bridgehead atoms. The molecule has 1 aromatic heterocycles. The number of aliphatic hydroxyl groups is 1. The third-order valence-electron chi connectivity index (χ3n) is 2.97. The summed E-state index contributed by atoms with van der Waals surface area (Å²) in [6.45, 7) is 1.52. The molecule has 1 aliphatic rings. The second-order valence-corrected chi connectivity index (χ2v) is 4.35. The van der Waals surface area contributed by atoms with Gasteiger partial charge in [-0.25, -0.2) is 4.79 Å². The lowest BCUT2D eigenvalue weighted by atomic mass is 10.1. The highest BCUT2D eigenvalue weighted by atomic mass is 16.6. The molecule has 0 aliphatic carbocycles. The molecule has 0 amide bonds. The van der Waals surface area contributed by atoms with Crippen molar-refractivity contribution in [1.29, 1.82) is 0 Å². The number of carbonyl (C=O) groups excluding carboxylic acids is 1. The molecule has 1 fully saturated rings. The van der Waals surface area contributed by atoms with Gasteiger partial charge in [0.2, 0.25) is 5.88 Å². The largest absolute Gasteiger partial charge is 0.481 e. The molecule has 0 spiro atoms. The Morgan fingerprint density at radius 2 is 2.35 bits per heavy atom. The lowest BCUT2D eigenvalue weighted by molar-refractivity contribution is -0.190. The first kappa shape index (κ1) is 14.5. The van der Waals surface area contributed by atoms with Crippen LogP contribution in [0.15, 0.2) is 17.1 Å². The number of hydrogen-bond donors (Lipinski definition) is 1. The second kappa shape index (κ2) is 6.02. The van der Waals surface area contributed by atoms with Crippen LogP contribution < -0.4 is 10.4 Å². The highest BCUT2D eigenvalue weighted by Gasteiger charge is 2.36. The number of ether oxygens (including phenoxy) is 3. The molecule has 3 atom stereocenters. The van der Waals surface area contributed by atoms with Gasteiger partial charge >= 0.3 is 11.7 Å². The third-order valence-corrected chi connectivity index (χ3v) is 2.97. The van der Waals surface area contributed by atoms with Crippen LogP contribution in [0.3, 0.4) is 0 Å². The molecule has 1 N–H and O–H groups in total. The molecule has 0 unspecified atom stereocenters. The SMILES string of the molecule is COc1ccn([C@H]2OCC[C@@H](OC(C)=O)[C@H]2O)c(=O)n1. The van der Waals surface area contributed by atoms with Gasteiger partial charge in [0.25, 0.3) is 0 Å². The fourth-order valence-electron chi connectivity index (χ4n) is 2.05. The van der Waals surface area contributed by atoms with Crippen molar-refractivity contribution < 1.29 is 24.1 Å². The van der Waals surface area contributed by atoms with Crippen LogP contribution in [-0.2, 0) is 14.3 Å². The maximum atomic E-state index is 11.8. The first-order valence-electron chi connectivity index (χ1n) is 6.13. The lowest BCUT2D eigenvalue weighted by Crippen LogP contribution is -2.46. The number of methoxy groups -OCH3 is 1. The number of esters is 1. The van der Waals surface area contributed by atoms with Crippen molar-refractivity contribution in [3.63, 3.8) is 0 Å². The number of carbonyl (C=O) groups is 1. The van der Waals surface area contributed by atoms with Gasteiger partial charge in [-0.15, -0.1) is 0 Å². The second-order valence-electron chi connectivity index (χ2n) is 4.35. The Balaban J connectivity index is 2.23. The van der Waals surface area contributed by atoms with Crippen molar-refractivity contribution in [2.24, 2.45) is 0 Å². The van der Waals surface area contributed by atoms with Gasteiger partial charge in [-0.2, -0.15) is 4.98 Å². The minimum Gasteiger partial charge on any atom is -0.481 e. The summed E-state index contributed by atoms with van der Waals surface area (Å²) in [5, 5.41) is 10.2. The summed E-state index contributed by atoms with van der Waals surface area (Å²) in [5.74, 6) is -0.317. The van der Waals surface area contributed by atoms with Gasteiger partial charge in [0.05, 0.1) is 13.7 Å². The Kier molecular flexibility index (Phi) is 4.35. The predicted octanol–water partition coefficient (Wildman–Crippen LogP) is -0.537. The predicted molar refractivity (Wildman–Crippen MR) is 66.2 cm³/mol. The van der Waals surface area contributed by atoms with Crippen molar-refractivity contribution >= 4 is 5.97 Å². The summed E-state index contributed by atoms with van der Waals surface area (Å²) in [6, 6.07) is 1.48. The molecular weight excluding hydrogens is 268 g/mol. The summed E-state index contributed by atoms with van der Waals surface area (Å²) in [4.78, 5) is 26.5. The fraction of sp³-hybridized carbons (Fsp3) is 0.583. The molecule has 1 aromatic rings. The third kappa shape index (κ3) is 2.97. The Morgan fingerprint density at radius 3 is 2.95 bits per heavy atom. The maximum Gasteiger partial charge on any atom is 0.353 e. The first-order chi connectivity index (χ1) is 9.52.